The Kier molecular flexibility index (Phi) is 3.25. The van der Waals surface area contributed by atoms with Crippen molar-refractivity contribution in [2.45, 2.75) is 19.8 Å². The van der Waals surface area contributed by atoms with Gasteiger partial charge in [0.15, 0.2) is 6.61 Å². The molecule has 5 nitrogen and oxygen atoms in total. The van der Waals surface area contributed by atoms with Crippen molar-refractivity contribution in [3.05, 3.63) is 0 Å². The molecule has 0 bridgehead atoms. The molecule has 1 fully saturated rings. The second-order valence-electron chi connectivity index (χ2n) is 3.35. The number of primary amides is 1. The van der Waals surface area contributed by atoms with Gasteiger partial charge in [-0.1, -0.05) is 6.92 Å². The third-order valence-electron chi connectivity index (χ3n) is 2.13. The fourth-order valence-corrected chi connectivity index (χ4v) is 1.08. The Hall–Kier alpha value is -1.10. The second-order valence-corrected chi connectivity index (χ2v) is 3.35. The Morgan fingerprint density at radius 3 is 2.69 bits per heavy atom. The molecule has 3 N–H and O–H groups in total. The van der Waals surface area contributed by atoms with Gasteiger partial charge in [0.05, 0.1) is 0 Å². The van der Waals surface area contributed by atoms with E-state index in [2.05, 4.69) is 10.3 Å². The van der Waals surface area contributed by atoms with Gasteiger partial charge in [0, 0.05) is 5.92 Å². The highest BCUT2D eigenvalue weighted by atomic mass is 16.7. The molecule has 0 saturated heterocycles. The number of carbonyl (C=O) groups excluding carboxylic acids is 2. The Morgan fingerprint density at radius 2 is 2.23 bits per heavy atom. The molecular formula is C8H14N2O3. The maximum absolute atomic E-state index is 11.2. The summed E-state index contributed by atoms with van der Waals surface area (Å²) in [6.45, 7) is 1.57. The van der Waals surface area contributed by atoms with E-state index in [1.54, 1.807) is 0 Å². The minimum Gasteiger partial charge on any atom is -0.368 e. The molecule has 1 atom stereocenters. The van der Waals surface area contributed by atoms with Gasteiger partial charge in [-0.05, 0) is 18.8 Å². The number of hydroxylamine groups is 1. The van der Waals surface area contributed by atoms with Crippen LogP contribution in [0.3, 0.4) is 0 Å². The molecule has 0 aromatic carbocycles. The van der Waals surface area contributed by atoms with Crippen LogP contribution in [0.1, 0.15) is 19.8 Å². The first-order valence-corrected chi connectivity index (χ1v) is 4.31. The van der Waals surface area contributed by atoms with E-state index in [1.165, 1.54) is 0 Å². The minimum absolute atomic E-state index is 0.0344. The van der Waals surface area contributed by atoms with E-state index in [-0.39, 0.29) is 18.4 Å². The summed E-state index contributed by atoms with van der Waals surface area (Å²) in [4.78, 5) is 26.0. The second kappa shape index (κ2) is 4.23. The summed E-state index contributed by atoms with van der Waals surface area (Å²) in [5.74, 6) is -0.326. The molecule has 1 rings (SSSR count). The van der Waals surface area contributed by atoms with Crippen LogP contribution in [0.15, 0.2) is 0 Å². The van der Waals surface area contributed by atoms with Crippen molar-refractivity contribution >= 4 is 11.8 Å². The molecule has 2 amide bonds. The van der Waals surface area contributed by atoms with Crippen LogP contribution in [-0.2, 0) is 14.4 Å². The molecule has 0 aromatic heterocycles. The largest absolute Gasteiger partial charge is 0.368 e. The van der Waals surface area contributed by atoms with E-state index in [4.69, 9.17) is 5.73 Å². The number of nitrogens with two attached hydrogens (primary N) is 1. The van der Waals surface area contributed by atoms with E-state index in [0.29, 0.717) is 5.92 Å². The first-order valence-electron chi connectivity index (χ1n) is 4.31. The third-order valence-corrected chi connectivity index (χ3v) is 2.13. The molecule has 1 aliphatic carbocycles. The lowest BCUT2D eigenvalue weighted by Gasteiger charge is -2.09. The smallest absolute Gasteiger partial charge is 0.246 e. The molecule has 5 heteroatoms. The van der Waals surface area contributed by atoms with Crippen molar-refractivity contribution in [1.29, 1.82) is 0 Å². The number of nitrogens with one attached hydrogen (secondary N) is 1. The molecule has 0 spiro atoms. The van der Waals surface area contributed by atoms with Crippen LogP contribution in [0, 0.1) is 11.8 Å². The fraction of sp³-hybridized carbons (Fsp3) is 0.750. The highest BCUT2D eigenvalue weighted by molar-refractivity contribution is 5.78. The standard InChI is InChI=1S/C8H14N2O3/c1-5(6-2-3-6)8(12)10-13-4-7(9)11/h5-6H,2-4H2,1H3,(H2,9,11)(H,10,12). The lowest BCUT2D eigenvalue weighted by Crippen LogP contribution is -2.33. The van der Waals surface area contributed by atoms with Crippen molar-refractivity contribution in [3.8, 4) is 0 Å². The van der Waals surface area contributed by atoms with Crippen molar-refractivity contribution in [1.82, 2.24) is 5.48 Å². The van der Waals surface area contributed by atoms with Crippen LogP contribution in [-0.4, -0.2) is 18.4 Å². The summed E-state index contributed by atoms with van der Waals surface area (Å²) in [6.07, 6.45) is 2.20. The van der Waals surface area contributed by atoms with Crippen LogP contribution in [0.2, 0.25) is 0 Å². The summed E-state index contributed by atoms with van der Waals surface area (Å²) in [6, 6.07) is 0. The van der Waals surface area contributed by atoms with Gasteiger partial charge in [0.2, 0.25) is 11.8 Å². The number of rotatable bonds is 5. The zero-order valence-corrected chi connectivity index (χ0v) is 7.58. The van der Waals surface area contributed by atoms with Crippen LogP contribution < -0.4 is 11.2 Å². The highest BCUT2D eigenvalue weighted by Gasteiger charge is 2.32. The molecule has 0 aromatic rings. The zero-order chi connectivity index (χ0) is 9.84. The monoisotopic (exact) mass is 186 g/mol. The molecule has 0 heterocycles. The molecule has 1 unspecified atom stereocenters. The van der Waals surface area contributed by atoms with Crippen LogP contribution in [0.5, 0.6) is 0 Å². The summed E-state index contributed by atoms with van der Waals surface area (Å²) in [7, 11) is 0. The molecule has 1 saturated carbocycles. The quantitative estimate of drug-likeness (QED) is 0.571. The predicted molar refractivity (Wildman–Crippen MR) is 45.2 cm³/mol. The van der Waals surface area contributed by atoms with Crippen molar-refractivity contribution in [2.24, 2.45) is 17.6 Å². The van der Waals surface area contributed by atoms with Gasteiger partial charge >= 0.3 is 0 Å². The molecule has 0 radical (unpaired) electrons. The summed E-state index contributed by atoms with van der Waals surface area (Å²) < 4.78 is 0. The van der Waals surface area contributed by atoms with E-state index in [9.17, 15) is 9.59 Å². The van der Waals surface area contributed by atoms with E-state index in [0.717, 1.165) is 12.8 Å². The van der Waals surface area contributed by atoms with Gasteiger partial charge in [-0.3, -0.25) is 14.4 Å². The number of hydrogen-bond acceptors (Lipinski definition) is 3. The number of hydrogen-bond donors (Lipinski definition) is 2. The van der Waals surface area contributed by atoms with Gasteiger partial charge < -0.3 is 5.73 Å². The first kappa shape index (κ1) is 9.98. The molecule has 0 aliphatic heterocycles. The van der Waals surface area contributed by atoms with E-state index >= 15 is 0 Å². The summed E-state index contributed by atoms with van der Waals surface area (Å²) >= 11 is 0. The molecule has 13 heavy (non-hydrogen) atoms. The molecule has 1 aliphatic rings. The highest BCUT2D eigenvalue weighted by Crippen LogP contribution is 2.36. The van der Waals surface area contributed by atoms with Crippen LogP contribution in [0.25, 0.3) is 0 Å². The van der Waals surface area contributed by atoms with Crippen LogP contribution in [0.4, 0.5) is 0 Å². The van der Waals surface area contributed by atoms with Crippen molar-refractivity contribution < 1.29 is 14.4 Å². The fourth-order valence-electron chi connectivity index (χ4n) is 1.08. The van der Waals surface area contributed by atoms with Gasteiger partial charge in [-0.15, -0.1) is 0 Å². The Morgan fingerprint density at radius 1 is 1.62 bits per heavy atom. The lowest BCUT2D eigenvalue weighted by molar-refractivity contribution is -0.141. The van der Waals surface area contributed by atoms with Gasteiger partial charge in [-0.25, -0.2) is 5.48 Å². The van der Waals surface area contributed by atoms with Gasteiger partial charge in [0.25, 0.3) is 0 Å². The number of amides is 2. The Bertz CT molecular complexity index is 213. The maximum atomic E-state index is 11.2. The zero-order valence-electron chi connectivity index (χ0n) is 7.58. The van der Waals surface area contributed by atoms with Gasteiger partial charge in [-0.2, -0.15) is 0 Å². The van der Waals surface area contributed by atoms with Crippen LogP contribution >= 0.6 is 0 Å². The topological polar surface area (TPSA) is 81.4 Å². The molecular weight excluding hydrogens is 172 g/mol. The van der Waals surface area contributed by atoms with Crippen molar-refractivity contribution in [2.75, 3.05) is 6.61 Å². The average molecular weight is 186 g/mol. The normalized spacial score (nSPS) is 17.9. The maximum Gasteiger partial charge on any atom is 0.246 e. The summed E-state index contributed by atoms with van der Waals surface area (Å²) in [5, 5.41) is 0. The average Bonchev–Trinajstić information content (AvgIpc) is 2.84. The van der Waals surface area contributed by atoms with E-state index < -0.39 is 5.91 Å². The first-order chi connectivity index (χ1) is 6.11. The molecule has 74 valence electrons. The summed E-state index contributed by atoms with van der Waals surface area (Å²) in [5.41, 5.74) is 7.01. The van der Waals surface area contributed by atoms with E-state index in [1.807, 2.05) is 6.92 Å². The predicted octanol–water partition coefficient (Wildman–Crippen LogP) is -0.434. The lowest BCUT2D eigenvalue weighted by atomic mass is 10.1. The SMILES string of the molecule is CC(C(=O)NOCC(N)=O)C1CC1. The number of carbonyl (C=O) groups is 2. The minimum atomic E-state index is -0.598. The van der Waals surface area contributed by atoms with Crippen molar-refractivity contribution in [3.63, 3.8) is 0 Å². The van der Waals surface area contributed by atoms with Gasteiger partial charge in [0.1, 0.15) is 0 Å². The Labute approximate surface area is 76.6 Å². The third kappa shape index (κ3) is 3.42. The Balaban J connectivity index is 2.13.